The topological polar surface area (TPSA) is 92.7 Å². The van der Waals surface area contributed by atoms with Gasteiger partial charge >= 0.3 is 5.97 Å². The number of aliphatic carboxylic acids is 1. The van der Waals surface area contributed by atoms with Crippen molar-refractivity contribution < 1.29 is 23.1 Å². The fourth-order valence-corrected chi connectivity index (χ4v) is 3.90. The third-order valence-electron chi connectivity index (χ3n) is 3.11. The fraction of sp³-hybridized carbons (Fsp3) is 0.500. The first-order valence-electron chi connectivity index (χ1n) is 6.63. The van der Waals surface area contributed by atoms with Crippen molar-refractivity contribution >= 4 is 16.0 Å². The van der Waals surface area contributed by atoms with Gasteiger partial charge in [-0.3, -0.25) is 4.79 Å². The van der Waals surface area contributed by atoms with Crippen molar-refractivity contribution in [2.24, 2.45) is 0 Å². The predicted molar refractivity (Wildman–Crippen MR) is 79.1 cm³/mol. The van der Waals surface area contributed by atoms with Crippen molar-refractivity contribution in [3.63, 3.8) is 0 Å². The highest BCUT2D eigenvalue weighted by Crippen LogP contribution is 2.25. The maximum Gasteiger partial charge on any atom is 0.321 e. The number of carboxylic acid groups (broad SMARTS) is 1. The lowest BCUT2D eigenvalue weighted by atomic mass is 10.1. The maximum absolute atomic E-state index is 12.4. The summed E-state index contributed by atoms with van der Waals surface area (Å²) in [5, 5.41) is 9.09. The van der Waals surface area contributed by atoms with E-state index in [9.17, 15) is 13.2 Å². The normalized spacial score (nSPS) is 13.0. The Morgan fingerprint density at radius 3 is 2.24 bits per heavy atom. The van der Waals surface area contributed by atoms with Gasteiger partial charge in [-0.25, -0.2) is 8.42 Å². The number of hydrogen-bond acceptors (Lipinski definition) is 4. The standard InChI is InChI=1S/C14H21NO5S/c1-5-6-12(14(16)17)15-21(18,19)13-9(2)7-11(20-4)8-10(13)3/h7-8,12,15H,5-6H2,1-4H3,(H,16,17). The number of rotatable bonds is 7. The maximum atomic E-state index is 12.4. The van der Waals surface area contributed by atoms with E-state index in [1.807, 2.05) is 0 Å². The molecule has 0 aliphatic rings. The Morgan fingerprint density at radius 1 is 1.33 bits per heavy atom. The average molecular weight is 315 g/mol. The summed E-state index contributed by atoms with van der Waals surface area (Å²) in [5.41, 5.74) is 1.03. The Morgan fingerprint density at radius 2 is 1.86 bits per heavy atom. The Balaban J connectivity index is 3.22. The van der Waals surface area contributed by atoms with Crippen LogP contribution in [0.15, 0.2) is 17.0 Å². The van der Waals surface area contributed by atoms with Crippen LogP contribution in [0.1, 0.15) is 30.9 Å². The average Bonchev–Trinajstić information content (AvgIpc) is 2.36. The molecule has 0 aromatic heterocycles. The molecule has 1 unspecified atom stereocenters. The smallest absolute Gasteiger partial charge is 0.321 e. The van der Waals surface area contributed by atoms with E-state index in [0.717, 1.165) is 0 Å². The van der Waals surface area contributed by atoms with E-state index in [-0.39, 0.29) is 11.3 Å². The summed E-state index contributed by atoms with van der Waals surface area (Å²) >= 11 is 0. The second kappa shape index (κ2) is 6.91. The van der Waals surface area contributed by atoms with Gasteiger partial charge in [-0.2, -0.15) is 4.72 Å². The van der Waals surface area contributed by atoms with Crippen LogP contribution >= 0.6 is 0 Å². The lowest BCUT2D eigenvalue weighted by molar-refractivity contribution is -0.139. The Kier molecular flexibility index (Phi) is 5.74. The number of sulfonamides is 1. The second-order valence-corrected chi connectivity index (χ2v) is 6.54. The van der Waals surface area contributed by atoms with E-state index in [1.165, 1.54) is 7.11 Å². The molecular weight excluding hydrogens is 294 g/mol. The summed E-state index contributed by atoms with van der Waals surface area (Å²) in [7, 11) is -2.40. The molecule has 1 aromatic rings. The molecule has 6 nitrogen and oxygen atoms in total. The molecule has 21 heavy (non-hydrogen) atoms. The highest BCUT2D eigenvalue weighted by Gasteiger charge is 2.27. The summed E-state index contributed by atoms with van der Waals surface area (Å²) < 4.78 is 32.2. The molecule has 0 saturated heterocycles. The molecule has 1 rings (SSSR count). The van der Waals surface area contributed by atoms with Crippen LogP contribution in [0.25, 0.3) is 0 Å². The number of benzene rings is 1. The van der Waals surface area contributed by atoms with Crippen LogP contribution in [-0.4, -0.2) is 32.6 Å². The van der Waals surface area contributed by atoms with Crippen molar-refractivity contribution in [2.45, 2.75) is 44.6 Å². The Labute approximate surface area is 125 Å². The number of ether oxygens (including phenoxy) is 1. The minimum Gasteiger partial charge on any atom is -0.497 e. The van der Waals surface area contributed by atoms with Crippen molar-refractivity contribution in [1.29, 1.82) is 0 Å². The van der Waals surface area contributed by atoms with Gasteiger partial charge in [0.05, 0.1) is 12.0 Å². The zero-order chi connectivity index (χ0) is 16.2. The lowest BCUT2D eigenvalue weighted by Crippen LogP contribution is -2.41. The van der Waals surface area contributed by atoms with Gasteiger partial charge < -0.3 is 9.84 Å². The summed E-state index contributed by atoms with van der Waals surface area (Å²) in [6, 6.07) is 2.09. The van der Waals surface area contributed by atoms with Crippen LogP contribution in [0.3, 0.4) is 0 Å². The minimum atomic E-state index is -3.90. The van der Waals surface area contributed by atoms with Crippen molar-refractivity contribution in [3.05, 3.63) is 23.3 Å². The molecule has 0 spiro atoms. The monoisotopic (exact) mass is 315 g/mol. The number of carbonyl (C=O) groups is 1. The molecule has 0 fully saturated rings. The van der Waals surface area contributed by atoms with E-state index in [1.54, 1.807) is 32.9 Å². The predicted octanol–water partition coefficient (Wildman–Crippen LogP) is 1.84. The summed E-state index contributed by atoms with van der Waals surface area (Å²) in [5.74, 6) is -0.614. The van der Waals surface area contributed by atoms with Crippen molar-refractivity contribution in [2.75, 3.05) is 7.11 Å². The zero-order valence-corrected chi connectivity index (χ0v) is 13.5. The molecule has 2 N–H and O–H groups in total. The highest BCUT2D eigenvalue weighted by atomic mass is 32.2. The molecule has 118 valence electrons. The Hall–Kier alpha value is -1.60. The van der Waals surface area contributed by atoms with E-state index in [0.29, 0.717) is 23.3 Å². The summed E-state index contributed by atoms with van der Waals surface area (Å²) in [4.78, 5) is 11.2. The van der Waals surface area contributed by atoms with E-state index >= 15 is 0 Å². The Bertz CT molecular complexity index is 601. The summed E-state index contributed by atoms with van der Waals surface area (Å²) in [6.45, 7) is 5.10. The van der Waals surface area contributed by atoms with Crippen LogP contribution < -0.4 is 9.46 Å². The molecule has 7 heteroatoms. The first-order valence-corrected chi connectivity index (χ1v) is 8.11. The van der Waals surface area contributed by atoms with Gasteiger partial charge in [0.25, 0.3) is 0 Å². The van der Waals surface area contributed by atoms with E-state index in [2.05, 4.69) is 4.72 Å². The molecular formula is C14H21NO5S. The number of methoxy groups -OCH3 is 1. The van der Waals surface area contributed by atoms with Crippen LogP contribution in [0.5, 0.6) is 5.75 Å². The first-order chi connectivity index (χ1) is 9.72. The molecule has 0 radical (unpaired) electrons. The molecule has 0 amide bonds. The lowest BCUT2D eigenvalue weighted by Gasteiger charge is -2.17. The van der Waals surface area contributed by atoms with E-state index < -0.39 is 22.0 Å². The van der Waals surface area contributed by atoms with Crippen molar-refractivity contribution in [1.82, 2.24) is 4.72 Å². The molecule has 1 aromatic carbocycles. The molecule has 0 aliphatic carbocycles. The minimum absolute atomic E-state index is 0.102. The molecule has 0 saturated carbocycles. The number of hydrogen-bond donors (Lipinski definition) is 2. The summed E-state index contributed by atoms with van der Waals surface area (Å²) in [6.07, 6.45) is 0.808. The van der Waals surface area contributed by atoms with Gasteiger partial charge in [-0.15, -0.1) is 0 Å². The van der Waals surface area contributed by atoms with Crippen LogP contribution in [0.2, 0.25) is 0 Å². The molecule has 1 atom stereocenters. The van der Waals surface area contributed by atoms with Gasteiger partial charge in [0.2, 0.25) is 10.0 Å². The molecule has 0 heterocycles. The fourth-order valence-electron chi connectivity index (χ4n) is 2.22. The quantitative estimate of drug-likeness (QED) is 0.801. The molecule has 0 aliphatic heterocycles. The third-order valence-corrected chi connectivity index (χ3v) is 4.89. The number of carboxylic acids is 1. The van der Waals surface area contributed by atoms with E-state index in [4.69, 9.17) is 9.84 Å². The largest absolute Gasteiger partial charge is 0.497 e. The van der Waals surface area contributed by atoms with Gasteiger partial charge in [0, 0.05) is 0 Å². The van der Waals surface area contributed by atoms with Gasteiger partial charge in [0.15, 0.2) is 0 Å². The second-order valence-electron chi connectivity index (χ2n) is 4.89. The number of nitrogens with one attached hydrogen (secondary N) is 1. The van der Waals surface area contributed by atoms with Gasteiger partial charge in [-0.05, 0) is 43.5 Å². The highest BCUT2D eigenvalue weighted by molar-refractivity contribution is 7.89. The van der Waals surface area contributed by atoms with Gasteiger partial charge in [0.1, 0.15) is 11.8 Å². The van der Waals surface area contributed by atoms with Crippen LogP contribution in [0, 0.1) is 13.8 Å². The van der Waals surface area contributed by atoms with Crippen LogP contribution in [-0.2, 0) is 14.8 Å². The van der Waals surface area contributed by atoms with Gasteiger partial charge in [-0.1, -0.05) is 13.3 Å². The van der Waals surface area contributed by atoms with Crippen molar-refractivity contribution in [3.8, 4) is 5.75 Å². The third kappa shape index (κ3) is 4.18. The molecule has 0 bridgehead atoms. The van der Waals surface area contributed by atoms with Crippen LogP contribution in [0.4, 0.5) is 0 Å². The first kappa shape index (κ1) is 17.5. The SMILES string of the molecule is CCCC(NS(=O)(=O)c1c(C)cc(OC)cc1C)C(=O)O. The zero-order valence-electron chi connectivity index (χ0n) is 12.6. The number of aryl methyl sites for hydroxylation is 2.